The van der Waals surface area contributed by atoms with Gasteiger partial charge in [0.05, 0.1) is 16.7 Å². The van der Waals surface area contributed by atoms with Crippen LogP contribution in [0.1, 0.15) is 0 Å². The van der Waals surface area contributed by atoms with Gasteiger partial charge in [-0.15, -0.1) is 0 Å². The van der Waals surface area contributed by atoms with Gasteiger partial charge in [-0.3, -0.25) is 4.57 Å². The van der Waals surface area contributed by atoms with Gasteiger partial charge < -0.3 is 0 Å². The zero-order valence-electron chi connectivity index (χ0n) is 10.6. The van der Waals surface area contributed by atoms with Crippen LogP contribution in [0.25, 0.3) is 27.5 Å². The average Bonchev–Trinajstić information content (AvgIpc) is 2.82. The first kappa shape index (κ1) is 11.5. The van der Waals surface area contributed by atoms with Crippen LogP contribution in [0.4, 0.5) is 0 Å². The topological polar surface area (TPSA) is 17.8 Å². The monoisotopic (exact) mass is 278 g/mol. The summed E-state index contributed by atoms with van der Waals surface area (Å²) in [5, 5.41) is 2.85. The zero-order valence-corrected chi connectivity index (χ0v) is 11.4. The Labute approximate surface area is 121 Å². The second-order valence-corrected chi connectivity index (χ2v) is 5.04. The molecule has 0 N–H and O–H groups in total. The van der Waals surface area contributed by atoms with Gasteiger partial charge in [-0.1, -0.05) is 48.5 Å². The Balaban J connectivity index is 2.14. The van der Waals surface area contributed by atoms with Gasteiger partial charge in [-0.05, 0) is 35.2 Å². The van der Waals surface area contributed by atoms with Crippen LogP contribution in [-0.4, -0.2) is 9.55 Å². The summed E-state index contributed by atoms with van der Waals surface area (Å²) in [6.45, 7) is 0. The Bertz CT molecular complexity index is 919. The number of hydrogen-bond acceptors (Lipinski definition) is 1. The highest BCUT2D eigenvalue weighted by molar-refractivity contribution is 6.29. The predicted molar refractivity (Wildman–Crippen MR) is 83.6 cm³/mol. The summed E-state index contributed by atoms with van der Waals surface area (Å²) in [5.74, 6) is 0. The van der Waals surface area contributed by atoms with Gasteiger partial charge in [0.1, 0.15) is 0 Å². The van der Waals surface area contributed by atoms with Crippen molar-refractivity contribution in [3.8, 4) is 5.69 Å². The number of hydrogen-bond donors (Lipinski definition) is 0. The Hall–Kier alpha value is -2.32. The summed E-state index contributed by atoms with van der Waals surface area (Å²) < 4.78 is 2.00. The van der Waals surface area contributed by atoms with Crippen LogP contribution in [-0.2, 0) is 0 Å². The molecule has 0 aliphatic heterocycles. The lowest BCUT2D eigenvalue weighted by Crippen LogP contribution is -1.95. The SMILES string of the molecule is Clc1nc2ccccc2n1-c1cccc2ccccc12. The first-order valence-corrected chi connectivity index (χ1v) is 6.83. The molecular weight excluding hydrogens is 268 g/mol. The number of halogens is 1. The molecule has 0 aliphatic rings. The van der Waals surface area contributed by atoms with Crippen molar-refractivity contribution in [3.63, 3.8) is 0 Å². The van der Waals surface area contributed by atoms with E-state index < -0.39 is 0 Å². The normalized spacial score (nSPS) is 11.2. The molecule has 20 heavy (non-hydrogen) atoms. The molecule has 0 saturated carbocycles. The smallest absolute Gasteiger partial charge is 0.208 e. The first-order chi connectivity index (χ1) is 9.84. The van der Waals surface area contributed by atoms with Crippen molar-refractivity contribution in [2.24, 2.45) is 0 Å². The molecule has 3 heteroatoms. The molecule has 4 aromatic rings. The van der Waals surface area contributed by atoms with Crippen LogP contribution in [0.2, 0.25) is 5.28 Å². The number of benzene rings is 3. The van der Waals surface area contributed by atoms with Crippen LogP contribution in [0, 0.1) is 0 Å². The number of para-hydroxylation sites is 2. The molecule has 0 radical (unpaired) electrons. The van der Waals surface area contributed by atoms with Crippen molar-refractivity contribution < 1.29 is 0 Å². The minimum Gasteiger partial charge on any atom is -0.283 e. The summed E-state index contributed by atoms with van der Waals surface area (Å²) in [6, 6.07) is 22.5. The lowest BCUT2D eigenvalue weighted by atomic mass is 10.1. The Morgan fingerprint density at radius 1 is 0.800 bits per heavy atom. The van der Waals surface area contributed by atoms with E-state index in [0.29, 0.717) is 5.28 Å². The van der Waals surface area contributed by atoms with Crippen molar-refractivity contribution in [1.82, 2.24) is 9.55 Å². The molecular formula is C17H11ClN2. The molecule has 1 heterocycles. The van der Waals surface area contributed by atoms with E-state index >= 15 is 0 Å². The second-order valence-electron chi connectivity index (χ2n) is 4.70. The molecule has 3 aromatic carbocycles. The minimum absolute atomic E-state index is 0.488. The molecule has 96 valence electrons. The fourth-order valence-electron chi connectivity index (χ4n) is 2.63. The van der Waals surface area contributed by atoms with Gasteiger partial charge in [0.15, 0.2) is 0 Å². The summed E-state index contributed by atoms with van der Waals surface area (Å²) in [4.78, 5) is 4.42. The van der Waals surface area contributed by atoms with E-state index in [4.69, 9.17) is 11.6 Å². The fourth-order valence-corrected chi connectivity index (χ4v) is 2.90. The van der Waals surface area contributed by atoms with Crippen LogP contribution in [0.5, 0.6) is 0 Å². The van der Waals surface area contributed by atoms with Crippen LogP contribution >= 0.6 is 11.6 Å². The van der Waals surface area contributed by atoms with E-state index in [9.17, 15) is 0 Å². The van der Waals surface area contributed by atoms with Gasteiger partial charge in [0, 0.05) is 5.39 Å². The number of nitrogens with zero attached hydrogens (tertiary/aromatic N) is 2. The third-order valence-electron chi connectivity index (χ3n) is 3.53. The van der Waals surface area contributed by atoms with Gasteiger partial charge >= 0.3 is 0 Å². The zero-order chi connectivity index (χ0) is 13.5. The number of aromatic nitrogens is 2. The summed E-state index contributed by atoms with van der Waals surface area (Å²) >= 11 is 6.35. The van der Waals surface area contributed by atoms with Crippen LogP contribution < -0.4 is 0 Å². The molecule has 0 aliphatic carbocycles. The molecule has 2 nitrogen and oxygen atoms in total. The van der Waals surface area contributed by atoms with E-state index in [-0.39, 0.29) is 0 Å². The minimum atomic E-state index is 0.488. The van der Waals surface area contributed by atoms with E-state index in [1.807, 2.05) is 47.0 Å². The van der Waals surface area contributed by atoms with E-state index in [0.717, 1.165) is 16.7 Å². The number of imidazole rings is 1. The quantitative estimate of drug-likeness (QED) is 0.487. The van der Waals surface area contributed by atoms with Gasteiger partial charge in [0.25, 0.3) is 0 Å². The first-order valence-electron chi connectivity index (χ1n) is 6.46. The van der Waals surface area contributed by atoms with Crippen molar-refractivity contribution in [2.75, 3.05) is 0 Å². The fraction of sp³-hybridized carbons (Fsp3) is 0. The maximum Gasteiger partial charge on any atom is 0.208 e. The average molecular weight is 279 g/mol. The van der Waals surface area contributed by atoms with Crippen molar-refractivity contribution in [2.45, 2.75) is 0 Å². The molecule has 0 amide bonds. The second kappa shape index (κ2) is 4.36. The highest BCUT2D eigenvalue weighted by Crippen LogP contribution is 2.29. The molecule has 0 atom stereocenters. The molecule has 0 spiro atoms. The summed E-state index contributed by atoms with van der Waals surface area (Å²) in [5.41, 5.74) is 2.99. The van der Waals surface area contributed by atoms with Crippen LogP contribution in [0.3, 0.4) is 0 Å². The van der Waals surface area contributed by atoms with Crippen LogP contribution in [0.15, 0.2) is 66.7 Å². The number of rotatable bonds is 1. The van der Waals surface area contributed by atoms with E-state index in [1.165, 1.54) is 10.8 Å². The van der Waals surface area contributed by atoms with Crippen molar-refractivity contribution >= 4 is 33.4 Å². The van der Waals surface area contributed by atoms with Crippen molar-refractivity contribution in [3.05, 3.63) is 72.0 Å². The molecule has 0 bridgehead atoms. The summed E-state index contributed by atoms with van der Waals surface area (Å²) in [7, 11) is 0. The summed E-state index contributed by atoms with van der Waals surface area (Å²) in [6.07, 6.45) is 0. The Morgan fingerprint density at radius 2 is 1.55 bits per heavy atom. The maximum atomic E-state index is 6.35. The van der Waals surface area contributed by atoms with Gasteiger partial charge in [-0.25, -0.2) is 4.98 Å². The van der Waals surface area contributed by atoms with Crippen molar-refractivity contribution in [1.29, 1.82) is 0 Å². The lowest BCUT2D eigenvalue weighted by molar-refractivity contribution is 1.11. The predicted octanol–water partition coefficient (Wildman–Crippen LogP) is 4.83. The third-order valence-corrected chi connectivity index (χ3v) is 3.78. The lowest BCUT2D eigenvalue weighted by Gasteiger charge is -2.09. The van der Waals surface area contributed by atoms with E-state index in [1.54, 1.807) is 0 Å². The molecule has 1 aromatic heterocycles. The largest absolute Gasteiger partial charge is 0.283 e. The maximum absolute atomic E-state index is 6.35. The number of fused-ring (bicyclic) bond motifs is 2. The third kappa shape index (κ3) is 1.62. The molecule has 4 rings (SSSR count). The Kier molecular flexibility index (Phi) is 2.51. The van der Waals surface area contributed by atoms with Gasteiger partial charge in [0.2, 0.25) is 5.28 Å². The molecule has 0 saturated heterocycles. The highest BCUT2D eigenvalue weighted by atomic mass is 35.5. The molecule has 0 unspecified atom stereocenters. The van der Waals surface area contributed by atoms with Gasteiger partial charge in [-0.2, -0.15) is 0 Å². The Morgan fingerprint density at radius 3 is 2.50 bits per heavy atom. The van der Waals surface area contributed by atoms with E-state index in [2.05, 4.69) is 29.2 Å². The highest BCUT2D eigenvalue weighted by Gasteiger charge is 2.12. The molecule has 0 fully saturated rings. The standard InChI is InChI=1S/C17H11ClN2/c18-17-19-14-9-3-4-10-16(14)20(17)15-11-5-7-12-6-1-2-8-13(12)15/h1-11H.